The molecule has 5 fully saturated rings. The van der Waals surface area contributed by atoms with Gasteiger partial charge < -0.3 is 10.2 Å². The van der Waals surface area contributed by atoms with Gasteiger partial charge in [0.2, 0.25) is 0 Å². The molecular formula is C49H65B4N9O24P2. The van der Waals surface area contributed by atoms with Crippen LogP contribution in [-0.2, 0) is 92.0 Å². The fourth-order valence-corrected chi connectivity index (χ4v) is 13.3. The smallest absolute Gasteiger partial charge is 0.186 e. The minimum atomic E-state index is -1.87. The Morgan fingerprint density at radius 2 is 1.03 bits per heavy atom. The Hall–Kier alpha value is -5.32. The monoisotopic (exact) mass is 1270 g/mol. The van der Waals surface area contributed by atoms with Gasteiger partial charge >= 0.3 is 398 Å². The number of ether oxygens (including phenoxy) is 12. The van der Waals surface area contributed by atoms with Crippen LogP contribution in [-0.4, -0.2) is 239 Å². The van der Waals surface area contributed by atoms with E-state index in [-0.39, 0.29) is 47.3 Å². The summed E-state index contributed by atoms with van der Waals surface area (Å²) in [4.78, 5) is 55.3. The van der Waals surface area contributed by atoms with E-state index < -0.39 is 172 Å². The van der Waals surface area contributed by atoms with Gasteiger partial charge in [0, 0.05) is 4.91 Å². The van der Waals surface area contributed by atoms with Gasteiger partial charge in [-0.1, -0.05) is 41.5 Å². The van der Waals surface area contributed by atoms with Crippen LogP contribution < -0.4 is 0 Å². The number of azide groups is 3. The van der Waals surface area contributed by atoms with Gasteiger partial charge in [-0.15, -0.1) is 0 Å². The van der Waals surface area contributed by atoms with Crippen molar-refractivity contribution in [3.63, 3.8) is 0 Å². The normalized spacial score (nSPS) is 36.9. The molecule has 0 aromatic heterocycles. The fourth-order valence-electron chi connectivity index (χ4n) is 10.8. The first-order valence-electron chi connectivity index (χ1n) is 27.2. The number of methoxy groups -OCH3 is 1. The summed E-state index contributed by atoms with van der Waals surface area (Å²) in [5.74, 6) is -2.04. The second kappa shape index (κ2) is 37.7. The summed E-state index contributed by atoms with van der Waals surface area (Å²) < 4.78 is 98.2. The number of nitrogens with zero attached hydrogens (tertiary/aromatic N) is 9. The maximum atomic E-state index is 13.9. The van der Waals surface area contributed by atoms with Crippen LogP contribution in [0.25, 0.3) is 31.3 Å². The number of rotatable bonds is 26. The van der Waals surface area contributed by atoms with Crippen LogP contribution in [0.3, 0.4) is 0 Å². The first-order valence-corrected chi connectivity index (χ1v) is 29.5. The Morgan fingerprint density at radius 3 is 1.60 bits per heavy atom. The molecule has 0 bridgehead atoms. The topological polar surface area (TPSA) is 478 Å². The molecule has 7 rings (SSSR count). The Morgan fingerprint density at radius 1 is 0.568 bits per heavy atom. The van der Waals surface area contributed by atoms with Crippen LogP contribution in [0.1, 0.15) is 43.6 Å². The molecule has 0 aliphatic carbocycles. The van der Waals surface area contributed by atoms with E-state index in [0.29, 0.717) is 19.6 Å². The number of carbonyl (C=O) groups is 1. The molecule has 2 aromatic rings. The van der Waals surface area contributed by atoms with Gasteiger partial charge in [0.15, 0.2) is 0 Å². The first kappa shape index (κ1) is 73.4. The number of esters is 1. The molecule has 27 atom stereocenters. The van der Waals surface area contributed by atoms with Crippen LogP contribution in [0.5, 0.6) is 0 Å². The molecule has 33 nitrogen and oxygen atoms in total. The minimum absolute atomic E-state index is 0.102. The number of carbonyl (C=O) groups excluding carboxylic acids is 5. The molecule has 5 heterocycles. The molecule has 0 spiro atoms. The van der Waals surface area contributed by atoms with E-state index >= 15 is 0 Å². The molecule has 2 aromatic carbocycles. The van der Waals surface area contributed by atoms with Crippen LogP contribution in [0, 0.1) is 11.8 Å². The van der Waals surface area contributed by atoms with Gasteiger partial charge in [-0.2, -0.15) is 19.2 Å². The summed E-state index contributed by atoms with van der Waals surface area (Å²) in [7, 11) is 2.03. The second-order valence-electron chi connectivity index (χ2n) is 20.2. The molecule has 88 heavy (non-hydrogen) atoms. The average molecular weight is 1270 g/mol. The zero-order valence-corrected chi connectivity index (χ0v) is 49.9. The Bertz CT molecular complexity index is 2720. The number of hydrogen-bond acceptors (Lipinski definition) is 27. The van der Waals surface area contributed by atoms with E-state index in [1.54, 1.807) is 76.2 Å². The molecule has 0 saturated carbocycles. The van der Waals surface area contributed by atoms with E-state index in [4.69, 9.17) is 76.0 Å². The Kier molecular flexibility index (Phi) is 31.5. The molecule has 2 radical (unpaired) electrons. The Balaban J connectivity index is 0.00000226. The van der Waals surface area contributed by atoms with E-state index in [0.717, 1.165) is 0 Å². The predicted molar refractivity (Wildman–Crippen MR) is 301 cm³/mol. The van der Waals surface area contributed by atoms with Crippen molar-refractivity contribution in [1.82, 2.24) is 0 Å². The molecular weight excluding hydrogens is 1200 g/mol. The van der Waals surface area contributed by atoms with Crippen molar-refractivity contribution >= 4 is 63.1 Å². The van der Waals surface area contributed by atoms with Crippen molar-refractivity contribution < 1.29 is 116 Å². The molecule has 39 heteroatoms. The summed E-state index contributed by atoms with van der Waals surface area (Å²) in [6.45, 7) is 7.35. The number of hydrogen-bond donors (Lipinski definition) is 5. The average Bonchev–Trinajstić information content (AvgIpc) is 3.19. The van der Waals surface area contributed by atoms with Crippen molar-refractivity contribution in [2.75, 3.05) is 26.9 Å². The third-order valence-corrected chi connectivity index (χ3v) is 18.0. The van der Waals surface area contributed by atoms with E-state index in [1.165, 1.54) is 33.0 Å². The SMILES string of the molecule is CO[C@@H]1OC(CO)[C@@H](O[C@@H]2OC(C)[C@@H](O[C@@H]3OC(CO)[C@@H](O[C@@H]4OC(C)[C@@H](O[C@@H]5OC(CO)[C@@H](C)[C@H](P[B]B=O)C5N=[N+]=[N-])[C@H](C)C4OC(=O)c4ccccc4)[C@H](O)C3N=[N+]=[N-])[C@@H](OCc3ccccc3)C2O)[C@H](P[B]B=O)C1N=[N+]=[N-].O=C=O.O=C=O. The maximum absolute atomic E-state index is 13.9. The van der Waals surface area contributed by atoms with Gasteiger partial charge in [-0.25, -0.2) is 0 Å². The Labute approximate surface area is 509 Å². The summed E-state index contributed by atoms with van der Waals surface area (Å²) in [6.07, 6.45) is -23.7. The standard InChI is InChI=1S/C47H65B4N9O20P2.2CO2/c1-20-26(16-61)73-45(30(56-59-53)40(20)81-50-48-67)77-34-21(2)35(76-42(66)25-14-10-7-11-15-25)47(72-22(34)3)79-37-27(17-62)75-44(29(32(37)64)55-58-52)78-36-23(4)71-46(33(65)39(36)70-19-24-12-8-6-9-13-24)80-38-28(18-63)74-43(69-5)31(57-60-54)41(38)82-51-49-68;2*2-1-3/h6-15,20-23,26-41,43-47,61-65,81-82H,16-19H2,1-5H3;;/t20-,21+,22?,23?,26?,27?,28?,29?,30?,31?,32-,33?,34+,35?,36-,37-,38-,39+,40+,41-,43-,44+,45+,46+,47+;;/m1../s1. The van der Waals surface area contributed by atoms with Crippen molar-refractivity contribution in [3.8, 4) is 0 Å². The van der Waals surface area contributed by atoms with E-state index in [9.17, 15) is 56.3 Å². The van der Waals surface area contributed by atoms with Crippen LogP contribution in [0.4, 0.5) is 0 Å². The predicted octanol–water partition coefficient (Wildman–Crippen LogP) is 0.752. The quantitative estimate of drug-likeness (QED) is 0.0217. The molecule has 472 valence electrons. The fraction of sp³-hybridized carbons (Fsp3) is 0.694. The van der Waals surface area contributed by atoms with Crippen molar-refractivity contribution in [3.05, 3.63) is 103 Å². The molecule has 5 saturated heterocycles. The van der Waals surface area contributed by atoms with Gasteiger partial charge in [0.1, 0.15) is 6.10 Å². The van der Waals surface area contributed by atoms with Gasteiger partial charge in [-0.3, -0.25) is 0 Å². The summed E-state index contributed by atoms with van der Waals surface area (Å²) in [5.41, 5.74) is 28.7. The molecule has 5 aliphatic rings. The maximum Gasteiger partial charge on any atom is 0.373 e. The van der Waals surface area contributed by atoms with Crippen LogP contribution in [0.2, 0.25) is 0 Å². The molecule has 5 N–H and O–H groups in total. The van der Waals surface area contributed by atoms with Crippen LogP contribution >= 0.6 is 16.9 Å². The minimum Gasteiger partial charge on any atom is -0.186 e. The second-order valence-corrected chi connectivity index (χ2v) is 22.8. The van der Waals surface area contributed by atoms with Crippen molar-refractivity contribution in [2.24, 2.45) is 27.2 Å². The van der Waals surface area contributed by atoms with Crippen molar-refractivity contribution in [1.29, 1.82) is 0 Å². The molecule has 0 amide bonds. The van der Waals surface area contributed by atoms with Crippen molar-refractivity contribution in [2.45, 2.75) is 175 Å². The summed E-state index contributed by atoms with van der Waals surface area (Å²) in [5, 5.41) is 68.1. The molecule has 5 aliphatic heterocycles. The van der Waals surface area contributed by atoms with Gasteiger partial charge in [0.05, 0.1) is 12.7 Å². The van der Waals surface area contributed by atoms with Gasteiger partial charge in [-0.05, 0) is 17.7 Å². The van der Waals surface area contributed by atoms with Gasteiger partial charge in [0.25, 0.3) is 0 Å². The summed E-state index contributed by atoms with van der Waals surface area (Å²) >= 11 is 0. The summed E-state index contributed by atoms with van der Waals surface area (Å²) in [6, 6.07) is 13.2. The molecule has 12 unspecified atom stereocenters. The van der Waals surface area contributed by atoms with E-state index in [1.807, 2.05) is 0 Å². The third-order valence-electron chi connectivity index (χ3n) is 15.0. The zero-order valence-electron chi connectivity index (χ0n) is 47.9. The van der Waals surface area contributed by atoms with E-state index in [2.05, 4.69) is 30.1 Å². The first-order chi connectivity index (χ1) is 42.5. The third kappa shape index (κ3) is 18.9. The number of aliphatic hydroxyl groups is 5. The zero-order chi connectivity index (χ0) is 64.5. The number of benzene rings is 2. The number of aliphatic hydroxyl groups excluding tert-OH is 5. The van der Waals surface area contributed by atoms with Crippen LogP contribution in [0.15, 0.2) is 76.0 Å². The largest absolute Gasteiger partial charge is 0.373 e.